The first kappa shape index (κ1) is 22.2. The second kappa shape index (κ2) is 9.09. The van der Waals surface area contributed by atoms with Gasteiger partial charge in [-0.25, -0.2) is 0 Å². The van der Waals surface area contributed by atoms with Crippen molar-refractivity contribution in [3.63, 3.8) is 0 Å². The van der Waals surface area contributed by atoms with Crippen LogP contribution in [0.5, 0.6) is 5.75 Å². The van der Waals surface area contributed by atoms with Crippen LogP contribution in [-0.2, 0) is 4.79 Å². The molecule has 0 N–H and O–H groups in total. The van der Waals surface area contributed by atoms with Crippen molar-refractivity contribution in [1.82, 2.24) is 4.90 Å². The molecule has 0 atom stereocenters. The monoisotopic (exact) mass is 423 g/mol. The van der Waals surface area contributed by atoms with E-state index in [-0.39, 0.29) is 24.3 Å². The minimum Gasteiger partial charge on any atom is -0.491 e. The van der Waals surface area contributed by atoms with E-state index in [9.17, 15) is 9.59 Å². The Kier molecular flexibility index (Phi) is 6.71. The molecule has 2 aromatic carbocycles. The van der Waals surface area contributed by atoms with Gasteiger partial charge in [0.15, 0.2) is 0 Å². The molecule has 2 aromatic rings. The second-order valence-electron chi connectivity index (χ2n) is 8.19. The molecule has 1 saturated heterocycles. The Labute approximate surface area is 183 Å². The Morgan fingerprint density at radius 1 is 1.00 bits per heavy atom. The highest BCUT2D eigenvalue weighted by atomic mass is 32.2. The van der Waals surface area contributed by atoms with Crippen LogP contribution in [0.15, 0.2) is 35.2 Å². The van der Waals surface area contributed by atoms with E-state index in [1.807, 2.05) is 32.9 Å². The van der Waals surface area contributed by atoms with Crippen molar-refractivity contribution in [1.29, 1.82) is 0 Å². The third kappa shape index (κ3) is 4.78. The Hall–Kier alpha value is -2.53. The molecule has 30 heavy (non-hydrogen) atoms. The van der Waals surface area contributed by atoms with E-state index in [1.165, 1.54) is 10.5 Å². The number of thioether (sulfide) groups is 1. The van der Waals surface area contributed by atoms with Gasteiger partial charge in [0.25, 0.3) is 11.1 Å². The zero-order chi connectivity index (χ0) is 22.0. The number of benzene rings is 2. The van der Waals surface area contributed by atoms with Crippen LogP contribution in [0.2, 0.25) is 0 Å². The van der Waals surface area contributed by atoms with Crippen LogP contribution < -0.4 is 4.74 Å². The first-order valence-electron chi connectivity index (χ1n) is 10.2. The summed E-state index contributed by atoms with van der Waals surface area (Å²) < 4.78 is 5.97. The van der Waals surface area contributed by atoms with Crippen molar-refractivity contribution in [2.45, 2.75) is 47.5 Å². The van der Waals surface area contributed by atoms with Crippen LogP contribution in [0.4, 0.5) is 4.79 Å². The molecule has 5 heteroatoms. The van der Waals surface area contributed by atoms with Crippen molar-refractivity contribution in [2.75, 3.05) is 13.2 Å². The third-order valence-electron chi connectivity index (χ3n) is 5.25. The number of aryl methyl sites for hydroxylation is 4. The molecule has 1 fully saturated rings. The smallest absolute Gasteiger partial charge is 0.293 e. The van der Waals surface area contributed by atoms with Crippen LogP contribution in [0, 0.1) is 27.7 Å². The van der Waals surface area contributed by atoms with Gasteiger partial charge in [0, 0.05) is 0 Å². The van der Waals surface area contributed by atoms with E-state index in [0.717, 1.165) is 45.3 Å². The molecule has 1 heterocycles. The van der Waals surface area contributed by atoms with E-state index in [2.05, 4.69) is 45.0 Å². The van der Waals surface area contributed by atoms with E-state index in [1.54, 1.807) is 0 Å². The minimum absolute atomic E-state index is 0.235. The van der Waals surface area contributed by atoms with Crippen LogP contribution >= 0.6 is 11.8 Å². The van der Waals surface area contributed by atoms with Crippen molar-refractivity contribution in [2.24, 2.45) is 0 Å². The summed E-state index contributed by atoms with van der Waals surface area (Å²) in [5.74, 6) is 0.904. The molecule has 4 nitrogen and oxygen atoms in total. The predicted octanol–water partition coefficient (Wildman–Crippen LogP) is 6.16. The number of rotatable bonds is 6. The SMILES string of the molecule is Cc1cc(C)c(/C=C2\SC(=O)N(CCOc3cc(C)ccc3C(C)C)C2=O)c(C)c1. The number of hydrogen-bond acceptors (Lipinski definition) is 4. The Morgan fingerprint density at radius 2 is 1.67 bits per heavy atom. The van der Waals surface area contributed by atoms with Gasteiger partial charge in [0.2, 0.25) is 0 Å². The molecule has 1 aliphatic heterocycles. The highest BCUT2D eigenvalue weighted by Crippen LogP contribution is 2.34. The maximum absolute atomic E-state index is 12.8. The lowest BCUT2D eigenvalue weighted by Crippen LogP contribution is -2.32. The summed E-state index contributed by atoms with van der Waals surface area (Å²) in [4.78, 5) is 27.0. The molecule has 158 valence electrons. The van der Waals surface area contributed by atoms with E-state index in [0.29, 0.717) is 10.8 Å². The van der Waals surface area contributed by atoms with Crippen LogP contribution in [0.3, 0.4) is 0 Å². The lowest BCUT2D eigenvalue weighted by Gasteiger charge is -2.17. The number of imide groups is 1. The highest BCUT2D eigenvalue weighted by Gasteiger charge is 2.35. The standard InChI is InChI=1S/C25H29NO3S/c1-15(2)20-8-7-16(3)13-22(20)29-10-9-26-24(27)23(30-25(26)28)14-21-18(5)11-17(4)12-19(21)6/h7-8,11-15H,9-10H2,1-6H3/b23-14-. The maximum atomic E-state index is 12.8. The summed E-state index contributed by atoms with van der Waals surface area (Å²) in [5.41, 5.74) is 6.63. The minimum atomic E-state index is -0.249. The van der Waals surface area contributed by atoms with E-state index in [4.69, 9.17) is 4.74 Å². The molecule has 0 spiro atoms. The van der Waals surface area contributed by atoms with Gasteiger partial charge in [0.1, 0.15) is 12.4 Å². The van der Waals surface area contributed by atoms with Gasteiger partial charge in [-0.1, -0.05) is 43.7 Å². The summed E-state index contributed by atoms with van der Waals surface area (Å²) >= 11 is 0.998. The first-order valence-corrected chi connectivity index (χ1v) is 11.1. The topological polar surface area (TPSA) is 46.6 Å². The van der Waals surface area contributed by atoms with Gasteiger partial charge < -0.3 is 4.74 Å². The zero-order valence-corrected chi connectivity index (χ0v) is 19.4. The van der Waals surface area contributed by atoms with Gasteiger partial charge >= 0.3 is 0 Å². The van der Waals surface area contributed by atoms with Crippen LogP contribution in [0.1, 0.15) is 53.1 Å². The predicted molar refractivity (Wildman–Crippen MR) is 124 cm³/mol. The molecule has 0 saturated carbocycles. The lowest BCUT2D eigenvalue weighted by molar-refractivity contribution is -0.123. The van der Waals surface area contributed by atoms with Crippen LogP contribution in [0.25, 0.3) is 6.08 Å². The average molecular weight is 424 g/mol. The zero-order valence-electron chi connectivity index (χ0n) is 18.5. The van der Waals surface area contributed by atoms with Gasteiger partial charge in [0.05, 0.1) is 11.4 Å². The lowest BCUT2D eigenvalue weighted by atomic mass is 9.99. The molecular formula is C25H29NO3S. The number of ether oxygens (including phenoxy) is 1. The Balaban J connectivity index is 1.72. The van der Waals surface area contributed by atoms with Crippen LogP contribution in [-0.4, -0.2) is 29.2 Å². The van der Waals surface area contributed by atoms with Crippen molar-refractivity contribution >= 4 is 29.0 Å². The fraction of sp³-hybridized carbons (Fsp3) is 0.360. The fourth-order valence-electron chi connectivity index (χ4n) is 3.73. The van der Waals surface area contributed by atoms with Gasteiger partial charge in [-0.05, 0) is 85.3 Å². The summed E-state index contributed by atoms with van der Waals surface area (Å²) in [6.45, 7) is 12.9. The summed E-state index contributed by atoms with van der Waals surface area (Å²) in [6.07, 6.45) is 1.84. The molecule has 1 aliphatic rings. The molecule has 0 bridgehead atoms. The molecule has 0 aromatic heterocycles. The fourth-order valence-corrected chi connectivity index (χ4v) is 4.58. The van der Waals surface area contributed by atoms with E-state index < -0.39 is 0 Å². The van der Waals surface area contributed by atoms with Gasteiger partial charge in [-0.15, -0.1) is 0 Å². The Bertz CT molecular complexity index is 1000. The molecule has 0 radical (unpaired) electrons. The molecule has 0 unspecified atom stereocenters. The maximum Gasteiger partial charge on any atom is 0.293 e. The molecule has 2 amide bonds. The number of carbonyl (C=O) groups is 2. The number of hydrogen-bond donors (Lipinski definition) is 0. The second-order valence-corrected chi connectivity index (χ2v) is 9.18. The largest absolute Gasteiger partial charge is 0.491 e. The first-order chi connectivity index (χ1) is 14.2. The summed E-state index contributed by atoms with van der Waals surface area (Å²) in [5, 5.41) is -0.245. The molecular weight excluding hydrogens is 394 g/mol. The number of carbonyl (C=O) groups excluding carboxylic acids is 2. The summed E-state index contributed by atoms with van der Waals surface area (Å²) in [6, 6.07) is 10.3. The Morgan fingerprint density at radius 3 is 2.30 bits per heavy atom. The number of nitrogens with zero attached hydrogens (tertiary/aromatic N) is 1. The van der Waals surface area contributed by atoms with Crippen molar-refractivity contribution < 1.29 is 14.3 Å². The third-order valence-corrected chi connectivity index (χ3v) is 6.16. The molecule has 0 aliphatic carbocycles. The number of amides is 2. The normalized spacial score (nSPS) is 15.6. The van der Waals surface area contributed by atoms with Crippen molar-refractivity contribution in [3.8, 4) is 5.75 Å². The highest BCUT2D eigenvalue weighted by molar-refractivity contribution is 8.18. The van der Waals surface area contributed by atoms with Gasteiger partial charge in [-0.3, -0.25) is 14.5 Å². The quantitative estimate of drug-likeness (QED) is 0.522. The summed E-state index contributed by atoms with van der Waals surface area (Å²) in [7, 11) is 0. The average Bonchev–Trinajstić information content (AvgIpc) is 2.91. The van der Waals surface area contributed by atoms with E-state index >= 15 is 0 Å². The van der Waals surface area contributed by atoms with Gasteiger partial charge in [-0.2, -0.15) is 0 Å². The molecule has 3 rings (SSSR count). The van der Waals surface area contributed by atoms with Crippen molar-refractivity contribution in [3.05, 3.63) is 68.6 Å².